The third-order valence-electron chi connectivity index (χ3n) is 4.49. The number of non-ortho nitro benzene ring substituents is 1. The van der Waals surface area contributed by atoms with Crippen LogP contribution in [0.3, 0.4) is 0 Å². The fourth-order valence-corrected chi connectivity index (χ4v) is 4.16. The van der Waals surface area contributed by atoms with Crippen molar-refractivity contribution in [1.82, 2.24) is 0 Å². The Balaban J connectivity index is 2.13. The lowest BCUT2D eigenvalue weighted by Gasteiger charge is -2.23. The number of thioether (sulfide) groups is 1. The number of nitro groups is 2. The van der Waals surface area contributed by atoms with Gasteiger partial charge in [0.25, 0.3) is 17.3 Å². The minimum absolute atomic E-state index is 0.0229. The van der Waals surface area contributed by atoms with Crippen LogP contribution in [0.5, 0.6) is 0 Å². The molecule has 8 nitrogen and oxygen atoms in total. The number of nitro benzene ring substituents is 2. The molecule has 1 aliphatic heterocycles. The van der Waals surface area contributed by atoms with Gasteiger partial charge in [-0.1, -0.05) is 19.1 Å². The first-order valence-corrected chi connectivity index (χ1v) is 9.18. The smallest absolute Gasteiger partial charge is 0.279 e. The molecular formula is C18H17N3O5S. The maximum Gasteiger partial charge on any atom is 0.279 e. The van der Waals surface area contributed by atoms with E-state index >= 15 is 0 Å². The Bertz CT molecular complexity index is 947. The summed E-state index contributed by atoms with van der Waals surface area (Å²) in [5.41, 5.74) is -0.0893. The van der Waals surface area contributed by atoms with E-state index in [1.165, 1.54) is 6.92 Å². The van der Waals surface area contributed by atoms with Gasteiger partial charge in [0.2, 0.25) is 0 Å². The monoisotopic (exact) mass is 387 g/mol. The van der Waals surface area contributed by atoms with Crippen LogP contribution in [0, 0.1) is 27.2 Å². The van der Waals surface area contributed by atoms with Gasteiger partial charge in [0.1, 0.15) is 0 Å². The molecule has 0 saturated carbocycles. The van der Waals surface area contributed by atoms with Gasteiger partial charge >= 0.3 is 0 Å². The molecule has 1 atom stereocenters. The standard InChI is InChI=1S/C18H17N3O5S/c1-11-7-8-19(15-5-3-4-6-17(15)27-11)18(22)14-9-13(20(23)24)10-16(12(14)2)21(25)26/h3-6,9-11H,7-8H2,1-2H3. The van der Waals surface area contributed by atoms with Gasteiger partial charge in [-0.05, 0) is 25.5 Å². The Morgan fingerprint density at radius 2 is 1.89 bits per heavy atom. The molecule has 0 radical (unpaired) electrons. The van der Waals surface area contributed by atoms with E-state index in [0.29, 0.717) is 17.5 Å². The number of nitrogens with zero attached hydrogens (tertiary/aromatic N) is 3. The molecule has 0 bridgehead atoms. The van der Waals surface area contributed by atoms with Crippen molar-refractivity contribution in [1.29, 1.82) is 0 Å². The first-order chi connectivity index (χ1) is 12.8. The molecule has 1 unspecified atom stereocenters. The first-order valence-electron chi connectivity index (χ1n) is 8.30. The number of anilines is 1. The summed E-state index contributed by atoms with van der Waals surface area (Å²) in [5.74, 6) is -0.471. The van der Waals surface area contributed by atoms with Crippen molar-refractivity contribution >= 4 is 34.7 Å². The molecule has 1 heterocycles. The number of fused-ring (bicyclic) bond motifs is 1. The summed E-state index contributed by atoms with van der Waals surface area (Å²) >= 11 is 1.66. The average Bonchev–Trinajstić information content (AvgIpc) is 2.79. The van der Waals surface area contributed by atoms with E-state index < -0.39 is 27.1 Å². The molecule has 2 aromatic rings. The molecule has 1 aliphatic rings. The highest BCUT2D eigenvalue weighted by Crippen LogP contribution is 2.38. The Labute approximate surface area is 159 Å². The van der Waals surface area contributed by atoms with Crippen molar-refractivity contribution in [2.45, 2.75) is 30.4 Å². The highest BCUT2D eigenvalue weighted by molar-refractivity contribution is 8.00. The van der Waals surface area contributed by atoms with Gasteiger partial charge < -0.3 is 4.90 Å². The van der Waals surface area contributed by atoms with Crippen LogP contribution in [0.25, 0.3) is 0 Å². The van der Waals surface area contributed by atoms with E-state index in [9.17, 15) is 25.0 Å². The SMILES string of the molecule is Cc1c(C(=O)N2CCC(C)Sc3ccccc32)cc([N+](=O)[O-])cc1[N+](=O)[O-]. The van der Waals surface area contributed by atoms with Gasteiger partial charge in [0.15, 0.2) is 0 Å². The average molecular weight is 387 g/mol. The fourth-order valence-electron chi connectivity index (χ4n) is 3.04. The van der Waals surface area contributed by atoms with Gasteiger partial charge in [0, 0.05) is 28.3 Å². The van der Waals surface area contributed by atoms with Crippen LogP contribution in [-0.4, -0.2) is 27.5 Å². The number of carbonyl (C=O) groups is 1. The van der Waals surface area contributed by atoms with E-state index in [2.05, 4.69) is 6.92 Å². The number of amides is 1. The van der Waals surface area contributed by atoms with Crippen molar-refractivity contribution in [3.63, 3.8) is 0 Å². The molecule has 3 rings (SSSR count). The molecule has 0 aromatic heterocycles. The third-order valence-corrected chi connectivity index (χ3v) is 5.73. The van der Waals surface area contributed by atoms with Gasteiger partial charge in [-0.3, -0.25) is 25.0 Å². The predicted octanol–water partition coefficient (Wildman–Crippen LogP) is 4.34. The van der Waals surface area contributed by atoms with Crippen LogP contribution >= 0.6 is 11.8 Å². The molecule has 0 saturated heterocycles. The minimum Gasteiger partial charge on any atom is -0.307 e. The molecule has 0 fully saturated rings. The number of hydrogen-bond donors (Lipinski definition) is 0. The second-order valence-electron chi connectivity index (χ2n) is 6.29. The van der Waals surface area contributed by atoms with E-state index in [1.807, 2.05) is 24.3 Å². The largest absolute Gasteiger partial charge is 0.307 e. The lowest BCUT2D eigenvalue weighted by atomic mass is 10.0. The van der Waals surface area contributed by atoms with E-state index in [1.54, 1.807) is 16.7 Å². The summed E-state index contributed by atoms with van der Waals surface area (Å²) in [6.45, 7) is 3.94. The predicted molar refractivity (Wildman–Crippen MR) is 103 cm³/mol. The maximum atomic E-state index is 13.3. The number of hydrogen-bond acceptors (Lipinski definition) is 6. The molecule has 0 aliphatic carbocycles. The molecule has 1 amide bonds. The van der Waals surface area contributed by atoms with Crippen LogP contribution in [0.15, 0.2) is 41.3 Å². The fraction of sp³-hybridized carbons (Fsp3) is 0.278. The highest BCUT2D eigenvalue weighted by Gasteiger charge is 2.30. The minimum atomic E-state index is -0.725. The Morgan fingerprint density at radius 3 is 2.56 bits per heavy atom. The highest BCUT2D eigenvalue weighted by atomic mass is 32.2. The van der Waals surface area contributed by atoms with Gasteiger partial charge in [-0.15, -0.1) is 11.8 Å². The normalized spacial score (nSPS) is 16.4. The first kappa shape index (κ1) is 18.8. The van der Waals surface area contributed by atoms with Crippen molar-refractivity contribution in [2.75, 3.05) is 11.4 Å². The lowest BCUT2D eigenvalue weighted by Crippen LogP contribution is -2.33. The van der Waals surface area contributed by atoms with Crippen molar-refractivity contribution in [2.24, 2.45) is 0 Å². The van der Waals surface area contributed by atoms with Crippen LogP contribution < -0.4 is 4.90 Å². The quantitative estimate of drug-likeness (QED) is 0.573. The van der Waals surface area contributed by atoms with Crippen molar-refractivity contribution < 1.29 is 14.6 Å². The number of para-hydroxylation sites is 1. The second kappa shape index (κ2) is 7.36. The summed E-state index contributed by atoms with van der Waals surface area (Å²) in [7, 11) is 0. The topological polar surface area (TPSA) is 107 Å². The summed E-state index contributed by atoms with van der Waals surface area (Å²) in [6, 6.07) is 9.45. The van der Waals surface area contributed by atoms with Crippen LogP contribution in [-0.2, 0) is 0 Å². The zero-order valence-electron chi connectivity index (χ0n) is 14.7. The van der Waals surface area contributed by atoms with Crippen LogP contribution in [0.1, 0.15) is 29.3 Å². The Hall–Kier alpha value is -2.94. The summed E-state index contributed by atoms with van der Waals surface area (Å²) < 4.78 is 0. The Kier molecular flexibility index (Phi) is 5.13. The number of carbonyl (C=O) groups excluding carboxylic acids is 1. The zero-order valence-corrected chi connectivity index (χ0v) is 15.6. The second-order valence-corrected chi connectivity index (χ2v) is 7.77. The number of rotatable bonds is 3. The molecule has 0 N–H and O–H groups in total. The Morgan fingerprint density at radius 1 is 1.19 bits per heavy atom. The number of benzene rings is 2. The summed E-state index contributed by atoms with van der Waals surface area (Å²) in [5, 5.41) is 22.8. The summed E-state index contributed by atoms with van der Waals surface area (Å²) in [6.07, 6.45) is 0.737. The van der Waals surface area contributed by atoms with Gasteiger partial charge in [-0.25, -0.2) is 0 Å². The van der Waals surface area contributed by atoms with Gasteiger partial charge in [-0.2, -0.15) is 0 Å². The molecule has 2 aromatic carbocycles. The van der Waals surface area contributed by atoms with Crippen molar-refractivity contribution in [3.05, 3.63) is 67.8 Å². The maximum absolute atomic E-state index is 13.3. The lowest BCUT2D eigenvalue weighted by molar-refractivity contribution is -0.394. The van der Waals surface area contributed by atoms with E-state index in [-0.39, 0.29) is 11.1 Å². The van der Waals surface area contributed by atoms with Crippen molar-refractivity contribution in [3.8, 4) is 0 Å². The van der Waals surface area contributed by atoms with E-state index in [4.69, 9.17) is 0 Å². The molecule has 27 heavy (non-hydrogen) atoms. The summed E-state index contributed by atoms with van der Waals surface area (Å²) in [4.78, 5) is 36.8. The van der Waals surface area contributed by atoms with Crippen LogP contribution in [0.2, 0.25) is 0 Å². The molecule has 0 spiro atoms. The molecule has 140 valence electrons. The third kappa shape index (κ3) is 3.63. The zero-order chi connectivity index (χ0) is 19.7. The molecule has 9 heteroatoms. The van der Waals surface area contributed by atoms with Crippen LogP contribution in [0.4, 0.5) is 17.1 Å². The van der Waals surface area contributed by atoms with E-state index in [0.717, 1.165) is 23.4 Å². The van der Waals surface area contributed by atoms with Gasteiger partial charge in [0.05, 0.1) is 27.2 Å². The molecular weight excluding hydrogens is 370 g/mol.